The number of nitrogens with one attached hydrogen (secondary N) is 2. The van der Waals surface area contributed by atoms with Crippen LogP contribution in [-0.4, -0.2) is 55.1 Å². The number of rotatable bonds is 4. The van der Waals surface area contributed by atoms with E-state index in [1.165, 1.54) is 12.4 Å². The molecule has 1 aromatic heterocycles. The SMILES string of the molecule is O=C(Nc1ccc2c(c1)OCCO2)c1cc(NC2CCS(=O)(=O)C2)ncn1. The lowest BCUT2D eigenvalue weighted by Gasteiger charge is -2.19. The van der Waals surface area contributed by atoms with Crippen molar-refractivity contribution in [1.29, 1.82) is 0 Å². The molecule has 0 radical (unpaired) electrons. The highest BCUT2D eigenvalue weighted by atomic mass is 32.2. The van der Waals surface area contributed by atoms with Crippen molar-refractivity contribution in [2.24, 2.45) is 0 Å². The third kappa shape index (κ3) is 4.11. The molecule has 2 aliphatic heterocycles. The Hall–Kier alpha value is -2.88. The number of aromatic nitrogens is 2. The molecule has 0 saturated carbocycles. The number of hydrogen-bond acceptors (Lipinski definition) is 8. The summed E-state index contributed by atoms with van der Waals surface area (Å²) in [5, 5.41) is 5.80. The minimum atomic E-state index is -3.00. The molecule has 1 saturated heterocycles. The predicted octanol–water partition coefficient (Wildman–Crippen LogP) is 1.10. The second-order valence-electron chi connectivity index (χ2n) is 6.35. The van der Waals surface area contributed by atoms with Crippen molar-refractivity contribution in [3.8, 4) is 11.5 Å². The lowest BCUT2D eigenvalue weighted by molar-refractivity contribution is 0.102. The average Bonchev–Trinajstić information content (AvgIpc) is 3.00. The summed E-state index contributed by atoms with van der Waals surface area (Å²) in [5.41, 5.74) is 0.725. The first kappa shape index (κ1) is 17.5. The molecule has 1 atom stereocenters. The number of benzene rings is 1. The van der Waals surface area contributed by atoms with Gasteiger partial charge in [-0.15, -0.1) is 0 Å². The Morgan fingerprint density at radius 3 is 2.70 bits per heavy atom. The second kappa shape index (κ2) is 7.03. The van der Waals surface area contributed by atoms with Crippen LogP contribution in [0.1, 0.15) is 16.9 Å². The molecular weight excluding hydrogens is 372 g/mol. The van der Waals surface area contributed by atoms with Crippen molar-refractivity contribution in [3.05, 3.63) is 36.3 Å². The topological polar surface area (TPSA) is 120 Å². The van der Waals surface area contributed by atoms with Gasteiger partial charge in [0.05, 0.1) is 11.5 Å². The van der Waals surface area contributed by atoms with E-state index in [1.54, 1.807) is 18.2 Å². The number of sulfone groups is 1. The smallest absolute Gasteiger partial charge is 0.274 e. The number of ether oxygens (including phenoxy) is 2. The number of carbonyl (C=O) groups is 1. The van der Waals surface area contributed by atoms with Gasteiger partial charge >= 0.3 is 0 Å². The fourth-order valence-electron chi connectivity index (χ4n) is 2.99. The van der Waals surface area contributed by atoms with Gasteiger partial charge in [-0.3, -0.25) is 4.79 Å². The minimum Gasteiger partial charge on any atom is -0.486 e. The fourth-order valence-corrected chi connectivity index (χ4v) is 4.67. The maximum Gasteiger partial charge on any atom is 0.274 e. The highest BCUT2D eigenvalue weighted by Crippen LogP contribution is 2.32. The zero-order chi connectivity index (χ0) is 18.9. The minimum absolute atomic E-state index is 0.0652. The molecule has 0 aliphatic carbocycles. The number of fused-ring (bicyclic) bond motifs is 1. The van der Waals surface area contributed by atoms with Crippen LogP contribution in [0.4, 0.5) is 11.5 Å². The summed E-state index contributed by atoms with van der Waals surface area (Å²) >= 11 is 0. The van der Waals surface area contributed by atoms with E-state index in [9.17, 15) is 13.2 Å². The standard InChI is InChI=1S/C17H18N4O5S/c22-17(21-11-1-2-14-15(7-11)26-5-4-25-14)13-8-16(19-10-18-13)20-12-3-6-27(23,24)9-12/h1-2,7-8,10,12H,3-6,9H2,(H,21,22)(H,18,19,20). The zero-order valence-electron chi connectivity index (χ0n) is 14.3. The zero-order valence-corrected chi connectivity index (χ0v) is 15.2. The van der Waals surface area contributed by atoms with Gasteiger partial charge in [0.15, 0.2) is 21.3 Å². The molecule has 1 fully saturated rings. The summed E-state index contributed by atoms with van der Waals surface area (Å²) in [7, 11) is -3.00. The Balaban J connectivity index is 1.44. The quantitative estimate of drug-likeness (QED) is 0.796. The molecule has 10 heteroatoms. The van der Waals surface area contributed by atoms with E-state index in [1.807, 2.05) is 0 Å². The molecule has 2 N–H and O–H groups in total. The average molecular weight is 390 g/mol. The van der Waals surface area contributed by atoms with Gasteiger partial charge in [-0.2, -0.15) is 0 Å². The molecule has 0 bridgehead atoms. The van der Waals surface area contributed by atoms with Gasteiger partial charge < -0.3 is 20.1 Å². The Kier molecular flexibility index (Phi) is 4.56. The van der Waals surface area contributed by atoms with Gasteiger partial charge in [0, 0.05) is 23.9 Å². The van der Waals surface area contributed by atoms with Crippen LogP contribution in [0.3, 0.4) is 0 Å². The van der Waals surface area contributed by atoms with Crippen LogP contribution in [-0.2, 0) is 9.84 Å². The summed E-state index contributed by atoms with van der Waals surface area (Å²) in [6, 6.07) is 6.43. The molecule has 1 unspecified atom stereocenters. The predicted molar refractivity (Wildman–Crippen MR) is 98.1 cm³/mol. The van der Waals surface area contributed by atoms with E-state index in [4.69, 9.17) is 9.47 Å². The monoisotopic (exact) mass is 390 g/mol. The number of hydrogen-bond donors (Lipinski definition) is 2. The van der Waals surface area contributed by atoms with Gasteiger partial charge in [0.2, 0.25) is 0 Å². The van der Waals surface area contributed by atoms with Gasteiger partial charge in [0.25, 0.3) is 5.91 Å². The summed E-state index contributed by atoms with van der Waals surface area (Å²) < 4.78 is 34.1. The van der Waals surface area contributed by atoms with Crippen molar-refractivity contribution in [1.82, 2.24) is 9.97 Å². The van der Waals surface area contributed by atoms with E-state index in [0.717, 1.165) is 0 Å². The summed E-state index contributed by atoms with van der Waals surface area (Å²) in [6.45, 7) is 0.958. The fraction of sp³-hybridized carbons (Fsp3) is 0.353. The molecule has 1 aromatic carbocycles. The maximum atomic E-state index is 12.5. The summed E-state index contributed by atoms with van der Waals surface area (Å²) in [4.78, 5) is 20.5. The number of anilines is 2. The molecule has 3 heterocycles. The maximum absolute atomic E-state index is 12.5. The normalized spacial score (nSPS) is 20.1. The van der Waals surface area contributed by atoms with Crippen LogP contribution < -0.4 is 20.1 Å². The lowest BCUT2D eigenvalue weighted by Crippen LogP contribution is -2.22. The van der Waals surface area contributed by atoms with Crippen molar-refractivity contribution in [2.45, 2.75) is 12.5 Å². The van der Waals surface area contributed by atoms with Gasteiger partial charge in [0.1, 0.15) is 31.1 Å². The summed E-state index contributed by atoms with van der Waals surface area (Å²) in [5.74, 6) is 1.45. The van der Waals surface area contributed by atoms with E-state index >= 15 is 0 Å². The van der Waals surface area contributed by atoms with Crippen molar-refractivity contribution in [2.75, 3.05) is 35.4 Å². The second-order valence-corrected chi connectivity index (χ2v) is 8.57. The van der Waals surface area contributed by atoms with Gasteiger partial charge in [-0.1, -0.05) is 0 Å². The Bertz CT molecular complexity index is 979. The molecule has 142 valence electrons. The molecule has 9 nitrogen and oxygen atoms in total. The van der Waals surface area contributed by atoms with Crippen LogP contribution in [0.25, 0.3) is 0 Å². The highest BCUT2D eigenvalue weighted by Gasteiger charge is 2.28. The lowest BCUT2D eigenvalue weighted by atomic mass is 10.2. The van der Waals surface area contributed by atoms with Crippen molar-refractivity contribution >= 4 is 27.2 Å². The Labute approximate surface area is 156 Å². The first-order valence-electron chi connectivity index (χ1n) is 8.48. The van der Waals surface area contributed by atoms with Crippen molar-refractivity contribution in [3.63, 3.8) is 0 Å². The van der Waals surface area contributed by atoms with E-state index in [0.29, 0.717) is 42.6 Å². The Morgan fingerprint density at radius 1 is 1.11 bits per heavy atom. The van der Waals surface area contributed by atoms with Crippen LogP contribution in [0.5, 0.6) is 11.5 Å². The number of nitrogens with zero attached hydrogens (tertiary/aromatic N) is 2. The molecule has 0 spiro atoms. The molecule has 27 heavy (non-hydrogen) atoms. The molecule has 2 aromatic rings. The highest BCUT2D eigenvalue weighted by molar-refractivity contribution is 7.91. The van der Waals surface area contributed by atoms with Crippen LogP contribution in [0.2, 0.25) is 0 Å². The van der Waals surface area contributed by atoms with E-state index < -0.39 is 15.7 Å². The third-order valence-electron chi connectivity index (χ3n) is 4.28. The van der Waals surface area contributed by atoms with Gasteiger partial charge in [-0.05, 0) is 18.6 Å². The first-order valence-corrected chi connectivity index (χ1v) is 10.3. The molecular formula is C17H18N4O5S. The molecule has 2 aliphatic rings. The third-order valence-corrected chi connectivity index (χ3v) is 6.05. The van der Waals surface area contributed by atoms with Crippen LogP contribution in [0, 0.1) is 0 Å². The van der Waals surface area contributed by atoms with E-state index in [2.05, 4.69) is 20.6 Å². The Morgan fingerprint density at radius 2 is 1.93 bits per heavy atom. The number of carbonyl (C=O) groups excluding carboxylic acids is 1. The van der Waals surface area contributed by atoms with Crippen molar-refractivity contribution < 1.29 is 22.7 Å². The molecule has 4 rings (SSSR count). The largest absolute Gasteiger partial charge is 0.486 e. The van der Waals surface area contributed by atoms with E-state index in [-0.39, 0.29) is 23.2 Å². The summed E-state index contributed by atoms with van der Waals surface area (Å²) in [6.07, 6.45) is 1.79. The first-order chi connectivity index (χ1) is 13.0. The van der Waals surface area contributed by atoms with Crippen LogP contribution in [0.15, 0.2) is 30.6 Å². The van der Waals surface area contributed by atoms with Gasteiger partial charge in [-0.25, -0.2) is 18.4 Å². The van der Waals surface area contributed by atoms with Crippen LogP contribution >= 0.6 is 0 Å². The molecule has 1 amide bonds. The number of amides is 1.